The monoisotopic (exact) mass is 437 g/mol. The Bertz CT molecular complexity index is 1110. The Morgan fingerprint density at radius 2 is 1.93 bits per heavy atom. The fraction of sp³-hybridized carbons (Fsp3) is 0.158. The Labute approximate surface area is 172 Å². The molecule has 9 heteroatoms. The number of sulfone groups is 1. The molecule has 0 saturated carbocycles. The van der Waals surface area contributed by atoms with E-state index in [9.17, 15) is 13.5 Å². The van der Waals surface area contributed by atoms with Crippen molar-refractivity contribution in [3.8, 4) is 5.75 Å². The van der Waals surface area contributed by atoms with Crippen molar-refractivity contribution < 1.29 is 13.5 Å². The number of hydrogen-bond acceptors (Lipinski definition) is 5. The molecule has 0 radical (unpaired) electrons. The van der Waals surface area contributed by atoms with Crippen LogP contribution in [0.4, 0.5) is 0 Å². The zero-order valence-corrected chi connectivity index (χ0v) is 17.2. The normalized spacial score (nSPS) is 12.3. The van der Waals surface area contributed by atoms with Crippen molar-refractivity contribution in [1.82, 2.24) is 9.97 Å². The lowest BCUT2D eigenvalue weighted by Crippen LogP contribution is -2.08. The van der Waals surface area contributed by atoms with Crippen LogP contribution < -0.4 is 0 Å². The number of halogens is 2. The van der Waals surface area contributed by atoms with Crippen molar-refractivity contribution in [3.63, 3.8) is 0 Å². The second kappa shape index (κ2) is 8.34. The number of H-pyrrole nitrogens is 1. The number of phenols is 1. The summed E-state index contributed by atoms with van der Waals surface area (Å²) < 4.78 is 24.1. The van der Waals surface area contributed by atoms with Gasteiger partial charge >= 0.3 is 0 Å². The summed E-state index contributed by atoms with van der Waals surface area (Å²) in [4.78, 5) is 11.9. The molecule has 0 atom stereocenters. The maximum Gasteiger partial charge on any atom is 0.178 e. The third kappa shape index (κ3) is 4.38. The Hall–Kier alpha value is -2.35. The van der Waals surface area contributed by atoms with Gasteiger partial charge in [-0.15, -0.1) is 0 Å². The number of rotatable bonds is 6. The highest BCUT2D eigenvalue weighted by Gasteiger charge is 2.17. The molecule has 0 aliphatic rings. The predicted octanol–water partition coefficient (Wildman–Crippen LogP) is 4.25. The van der Waals surface area contributed by atoms with E-state index in [1.54, 1.807) is 37.5 Å². The van der Waals surface area contributed by atoms with E-state index in [4.69, 9.17) is 23.2 Å². The second-order valence-corrected chi connectivity index (χ2v) is 9.03. The minimum atomic E-state index is -3.32. The van der Waals surface area contributed by atoms with Crippen molar-refractivity contribution in [3.05, 3.63) is 75.8 Å². The average molecular weight is 438 g/mol. The van der Waals surface area contributed by atoms with Gasteiger partial charge in [-0.1, -0.05) is 42.3 Å². The van der Waals surface area contributed by atoms with Gasteiger partial charge in [-0.3, -0.25) is 4.99 Å². The zero-order chi connectivity index (χ0) is 20.3. The van der Waals surface area contributed by atoms with Crippen LogP contribution >= 0.6 is 23.2 Å². The summed E-state index contributed by atoms with van der Waals surface area (Å²) in [6, 6.07) is 9.29. The van der Waals surface area contributed by atoms with Crippen LogP contribution in [0.2, 0.25) is 10.0 Å². The molecule has 0 amide bonds. The quantitative estimate of drug-likeness (QED) is 0.563. The average Bonchev–Trinajstić information content (AvgIpc) is 3.19. The summed E-state index contributed by atoms with van der Waals surface area (Å²) in [6.45, 7) is 1.81. The van der Waals surface area contributed by atoms with E-state index in [0.29, 0.717) is 27.7 Å². The van der Waals surface area contributed by atoms with Gasteiger partial charge in [0.1, 0.15) is 11.6 Å². The molecule has 2 N–H and O–H groups in total. The number of nitrogens with zero attached hydrogens (tertiary/aromatic N) is 2. The first-order valence-corrected chi connectivity index (χ1v) is 10.8. The molecule has 28 heavy (non-hydrogen) atoms. The predicted molar refractivity (Wildman–Crippen MR) is 110 cm³/mol. The maximum absolute atomic E-state index is 12.1. The second-order valence-electron chi connectivity index (χ2n) is 5.91. The number of benzene rings is 2. The zero-order valence-electron chi connectivity index (χ0n) is 14.9. The van der Waals surface area contributed by atoms with Crippen molar-refractivity contribution in [1.29, 1.82) is 0 Å². The van der Waals surface area contributed by atoms with Crippen LogP contribution in [0.5, 0.6) is 5.75 Å². The van der Waals surface area contributed by atoms with Gasteiger partial charge in [0.05, 0.1) is 27.9 Å². The first-order chi connectivity index (χ1) is 13.3. The van der Waals surface area contributed by atoms with Gasteiger partial charge < -0.3 is 10.1 Å². The van der Waals surface area contributed by atoms with E-state index in [-0.39, 0.29) is 28.0 Å². The number of imidazole rings is 1. The molecule has 3 aromatic rings. The van der Waals surface area contributed by atoms with Crippen molar-refractivity contribution in [2.45, 2.75) is 18.4 Å². The summed E-state index contributed by atoms with van der Waals surface area (Å²) in [5, 5.41) is 10.9. The third-order valence-electron chi connectivity index (χ3n) is 4.09. The molecule has 0 bridgehead atoms. The molecule has 146 valence electrons. The van der Waals surface area contributed by atoms with E-state index in [2.05, 4.69) is 15.0 Å². The Kier molecular flexibility index (Phi) is 6.07. The number of aromatic hydroxyl groups is 1. The highest BCUT2D eigenvalue weighted by molar-refractivity contribution is 7.91. The highest BCUT2D eigenvalue weighted by atomic mass is 35.5. The summed E-state index contributed by atoms with van der Waals surface area (Å²) in [5.41, 5.74) is 1.36. The molecule has 0 aliphatic carbocycles. The van der Waals surface area contributed by atoms with Gasteiger partial charge in [0, 0.05) is 28.5 Å². The van der Waals surface area contributed by atoms with Gasteiger partial charge in [-0.25, -0.2) is 13.4 Å². The van der Waals surface area contributed by atoms with Gasteiger partial charge in [0.2, 0.25) is 0 Å². The maximum atomic E-state index is 12.1. The topological polar surface area (TPSA) is 95.4 Å². The fourth-order valence-corrected chi connectivity index (χ4v) is 3.98. The number of aromatic amines is 1. The smallest absolute Gasteiger partial charge is 0.178 e. The summed E-state index contributed by atoms with van der Waals surface area (Å²) in [7, 11) is -3.32. The standard InChI is InChI=1S/C19H17Cl2N3O3S/c1-2-28(26,27)14-5-3-12(4-6-14)18(24-11-17-22-7-8-23-17)15-9-13(20)10-16(21)19(15)25/h3-10,25H,2,11H2,1H3,(H,22,23). The van der Waals surface area contributed by atoms with Crippen molar-refractivity contribution in [2.24, 2.45) is 4.99 Å². The van der Waals surface area contributed by atoms with Crippen molar-refractivity contribution >= 4 is 38.8 Å². The lowest BCUT2D eigenvalue weighted by atomic mass is 10.0. The van der Waals surface area contributed by atoms with Gasteiger partial charge in [0.15, 0.2) is 9.84 Å². The number of nitrogens with one attached hydrogen (secondary N) is 1. The molecule has 0 saturated heterocycles. The van der Waals surface area contributed by atoms with Crippen LogP contribution in [0.3, 0.4) is 0 Å². The third-order valence-corrected chi connectivity index (χ3v) is 6.35. The number of phenolic OH excluding ortho intramolecular Hbond substituents is 1. The molecular formula is C19H17Cl2N3O3S. The largest absolute Gasteiger partial charge is 0.506 e. The van der Waals surface area contributed by atoms with Crippen molar-refractivity contribution in [2.75, 3.05) is 5.75 Å². The molecule has 0 fully saturated rings. The van der Waals surface area contributed by atoms with Crippen LogP contribution in [0.25, 0.3) is 0 Å². The summed E-state index contributed by atoms with van der Waals surface area (Å²) in [5.74, 6) is 0.487. The van der Waals surface area contributed by atoms with Gasteiger partial charge in [-0.2, -0.15) is 0 Å². The molecule has 0 spiro atoms. The molecule has 6 nitrogen and oxygen atoms in total. The van der Waals surface area contributed by atoms with E-state index in [1.165, 1.54) is 18.2 Å². The Morgan fingerprint density at radius 3 is 2.54 bits per heavy atom. The molecule has 0 aliphatic heterocycles. The fourth-order valence-electron chi connectivity index (χ4n) is 2.60. The molecular weight excluding hydrogens is 421 g/mol. The van der Waals surface area contributed by atoms with Crippen LogP contribution in [0.1, 0.15) is 23.9 Å². The van der Waals surface area contributed by atoms with E-state index >= 15 is 0 Å². The highest BCUT2D eigenvalue weighted by Crippen LogP contribution is 2.33. The Morgan fingerprint density at radius 1 is 1.21 bits per heavy atom. The molecule has 1 aromatic heterocycles. The van der Waals surface area contributed by atoms with Crippen LogP contribution in [0.15, 0.2) is 58.7 Å². The van der Waals surface area contributed by atoms with E-state index in [1.807, 2.05) is 0 Å². The van der Waals surface area contributed by atoms with Gasteiger partial charge in [-0.05, 0) is 24.3 Å². The lowest BCUT2D eigenvalue weighted by Gasteiger charge is -2.12. The Balaban J connectivity index is 2.11. The van der Waals surface area contributed by atoms with Crippen LogP contribution in [0, 0.1) is 0 Å². The summed E-state index contributed by atoms with van der Waals surface area (Å²) >= 11 is 12.2. The minimum Gasteiger partial charge on any atom is -0.506 e. The first-order valence-electron chi connectivity index (χ1n) is 8.36. The number of hydrogen-bond donors (Lipinski definition) is 2. The molecule has 3 rings (SSSR count). The molecule has 1 heterocycles. The SMILES string of the molecule is CCS(=O)(=O)c1ccc(C(=NCc2ncc[nH]2)c2cc(Cl)cc(Cl)c2O)cc1. The van der Waals surface area contributed by atoms with E-state index < -0.39 is 9.84 Å². The molecule has 0 unspecified atom stereocenters. The van der Waals surface area contributed by atoms with Crippen LogP contribution in [-0.2, 0) is 16.4 Å². The molecule has 2 aromatic carbocycles. The van der Waals surface area contributed by atoms with Crippen LogP contribution in [-0.4, -0.2) is 35.0 Å². The summed E-state index contributed by atoms with van der Waals surface area (Å²) in [6.07, 6.45) is 3.30. The van der Waals surface area contributed by atoms with E-state index in [0.717, 1.165) is 0 Å². The number of aliphatic imine (C=N–C) groups is 1. The lowest BCUT2D eigenvalue weighted by molar-refractivity contribution is 0.474. The number of aromatic nitrogens is 2. The minimum absolute atomic E-state index is 0.0104. The first kappa shape index (κ1) is 20.4. The van der Waals surface area contributed by atoms with Gasteiger partial charge in [0.25, 0.3) is 0 Å².